The lowest BCUT2D eigenvalue weighted by Crippen LogP contribution is -2.29. The van der Waals surface area contributed by atoms with Crippen molar-refractivity contribution < 1.29 is 0 Å². The average molecular weight is 185 g/mol. The minimum atomic E-state index is 0.556. The third-order valence-electron chi connectivity index (χ3n) is 2.52. The van der Waals surface area contributed by atoms with E-state index < -0.39 is 0 Å². The van der Waals surface area contributed by atoms with Crippen molar-refractivity contribution in [1.82, 2.24) is 4.98 Å². The number of aromatic nitrogens is 1. The molecule has 72 valence electrons. The third kappa shape index (κ3) is 1.63. The normalized spacial score (nSPS) is 14.9. The molecule has 0 spiro atoms. The standard InChI is InChI=1S/C13H15N/c1-10(2)11-6-3-4-8-13-12(11)7-5-9-14-13/h3,5-10H,4H2,1-2H3. The zero-order chi connectivity index (χ0) is 9.97. The molecule has 0 bridgehead atoms. The van der Waals surface area contributed by atoms with Gasteiger partial charge in [0.15, 0.2) is 0 Å². The molecule has 0 saturated heterocycles. The Morgan fingerprint density at radius 3 is 3.00 bits per heavy atom. The van der Waals surface area contributed by atoms with E-state index in [0.29, 0.717) is 5.92 Å². The van der Waals surface area contributed by atoms with Crippen molar-refractivity contribution in [2.24, 2.45) is 5.92 Å². The summed E-state index contributed by atoms with van der Waals surface area (Å²) in [6.07, 6.45) is 9.46. The third-order valence-corrected chi connectivity index (χ3v) is 2.52. The molecule has 1 aromatic rings. The second kappa shape index (κ2) is 3.79. The fourth-order valence-corrected chi connectivity index (χ4v) is 1.79. The van der Waals surface area contributed by atoms with Gasteiger partial charge in [0.25, 0.3) is 0 Å². The van der Waals surface area contributed by atoms with Gasteiger partial charge in [-0.3, -0.25) is 4.98 Å². The number of nitrogens with zero attached hydrogens (tertiary/aromatic N) is 1. The van der Waals surface area contributed by atoms with E-state index in [0.717, 1.165) is 11.8 Å². The van der Waals surface area contributed by atoms with Crippen molar-refractivity contribution >= 4 is 11.6 Å². The Balaban J connectivity index is 2.81. The highest BCUT2D eigenvalue weighted by Crippen LogP contribution is 2.11. The molecule has 0 radical (unpaired) electrons. The van der Waals surface area contributed by atoms with E-state index in [9.17, 15) is 0 Å². The van der Waals surface area contributed by atoms with Crippen LogP contribution < -0.4 is 10.6 Å². The van der Waals surface area contributed by atoms with Crippen molar-refractivity contribution in [2.45, 2.75) is 20.3 Å². The van der Waals surface area contributed by atoms with Crippen LogP contribution in [-0.4, -0.2) is 4.98 Å². The van der Waals surface area contributed by atoms with E-state index in [1.807, 2.05) is 12.3 Å². The van der Waals surface area contributed by atoms with E-state index in [1.165, 1.54) is 10.8 Å². The maximum atomic E-state index is 4.40. The second-order valence-corrected chi connectivity index (χ2v) is 3.89. The molecular formula is C13H15N. The summed E-state index contributed by atoms with van der Waals surface area (Å²) in [5, 5.41) is 2.41. The van der Waals surface area contributed by atoms with Crippen molar-refractivity contribution in [3.8, 4) is 0 Å². The van der Waals surface area contributed by atoms with Gasteiger partial charge >= 0.3 is 0 Å². The summed E-state index contributed by atoms with van der Waals surface area (Å²) in [5.74, 6) is 0.556. The highest BCUT2D eigenvalue weighted by Gasteiger charge is 2.03. The molecule has 0 aliphatic heterocycles. The zero-order valence-electron chi connectivity index (χ0n) is 8.70. The lowest BCUT2D eigenvalue weighted by atomic mass is 10.0. The van der Waals surface area contributed by atoms with Crippen LogP contribution in [0, 0.1) is 5.92 Å². The summed E-state index contributed by atoms with van der Waals surface area (Å²) in [6, 6.07) is 4.16. The monoisotopic (exact) mass is 185 g/mol. The van der Waals surface area contributed by atoms with Gasteiger partial charge in [-0.15, -0.1) is 0 Å². The summed E-state index contributed by atoms with van der Waals surface area (Å²) in [5.41, 5.74) is 1.39. The minimum Gasteiger partial charge on any atom is -0.257 e. The van der Waals surface area contributed by atoms with E-state index in [2.05, 4.69) is 43.1 Å². The highest BCUT2D eigenvalue weighted by atomic mass is 14.6. The summed E-state index contributed by atoms with van der Waals surface area (Å²) in [7, 11) is 0. The van der Waals surface area contributed by atoms with Crippen molar-refractivity contribution in [1.29, 1.82) is 0 Å². The Bertz CT molecular complexity index is 466. The number of pyridine rings is 1. The van der Waals surface area contributed by atoms with Gasteiger partial charge in [0, 0.05) is 11.4 Å². The lowest BCUT2D eigenvalue weighted by molar-refractivity contribution is 0.853. The fraction of sp³-hybridized carbons (Fsp3) is 0.308. The van der Waals surface area contributed by atoms with Crippen LogP contribution in [0.2, 0.25) is 0 Å². The number of fused-ring (bicyclic) bond motifs is 1. The van der Waals surface area contributed by atoms with Crippen LogP contribution in [0.1, 0.15) is 20.3 Å². The van der Waals surface area contributed by atoms with Crippen LogP contribution >= 0.6 is 0 Å². The first-order valence-corrected chi connectivity index (χ1v) is 5.11. The zero-order valence-corrected chi connectivity index (χ0v) is 8.70. The molecule has 0 aromatic carbocycles. The average Bonchev–Trinajstić information content (AvgIpc) is 2.39. The van der Waals surface area contributed by atoms with Crippen LogP contribution in [0.3, 0.4) is 0 Å². The molecule has 0 unspecified atom stereocenters. The lowest BCUT2D eigenvalue weighted by Gasteiger charge is -2.05. The van der Waals surface area contributed by atoms with E-state index in [4.69, 9.17) is 0 Å². The molecule has 1 nitrogen and oxygen atoms in total. The predicted molar refractivity (Wildman–Crippen MR) is 60.0 cm³/mol. The SMILES string of the molecule is CC(C)C1=c2cccnc2=CCC=C1. The van der Waals surface area contributed by atoms with E-state index >= 15 is 0 Å². The molecule has 0 fully saturated rings. The molecule has 0 N–H and O–H groups in total. The smallest absolute Gasteiger partial charge is 0.0668 e. The van der Waals surface area contributed by atoms with Gasteiger partial charge in [-0.2, -0.15) is 0 Å². The second-order valence-electron chi connectivity index (χ2n) is 3.89. The highest BCUT2D eigenvalue weighted by molar-refractivity contribution is 5.60. The maximum Gasteiger partial charge on any atom is 0.0668 e. The molecule has 1 aliphatic carbocycles. The number of hydrogen-bond acceptors (Lipinski definition) is 1. The first kappa shape index (κ1) is 9.20. The number of allylic oxidation sites excluding steroid dienone is 2. The Hall–Kier alpha value is -1.37. The molecule has 1 heteroatoms. The number of hydrogen-bond donors (Lipinski definition) is 0. The van der Waals surface area contributed by atoms with Gasteiger partial charge < -0.3 is 0 Å². The summed E-state index contributed by atoms with van der Waals surface area (Å²) < 4.78 is 0. The quantitative estimate of drug-likeness (QED) is 0.648. The van der Waals surface area contributed by atoms with Crippen LogP contribution in [0.25, 0.3) is 11.6 Å². The molecule has 2 rings (SSSR count). The molecular weight excluding hydrogens is 170 g/mol. The first-order valence-electron chi connectivity index (χ1n) is 5.11. The number of rotatable bonds is 1. The summed E-state index contributed by atoms with van der Waals surface area (Å²) in [6.45, 7) is 4.45. The van der Waals surface area contributed by atoms with E-state index in [-0.39, 0.29) is 0 Å². The molecule has 1 aromatic heterocycles. The molecule has 1 aliphatic rings. The van der Waals surface area contributed by atoms with Crippen LogP contribution in [0.5, 0.6) is 0 Å². The topological polar surface area (TPSA) is 12.9 Å². The summed E-state index contributed by atoms with van der Waals surface area (Å²) >= 11 is 0. The van der Waals surface area contributed by atoms with Gasteiger partial charge in [0.1, 0.15) is 0 Å². The Kier molecular flexibility index (Phi) is 2.49. The summed E-state index contributed by atoms with van der Waals surface area (Å²) in [4.78, 5) is 4.40. The van der Waals surface area contributed by atoms with Crippen molar-refractivity contribution in [2.75, 3.05) is 0 Å². The van der Waals surface area contributed by atoms with Gasteiger partial charge in [0.05, 0.1) is 5.35 Å². The van der Waals surface area contributed by atoms with Gasteiger partial charge in [0.2, 0.25) is 0 Å². The van der Waals surface area contributed by atoms with Gasteiger partial charge in [-0.1, -0.05) is 38.1 Å². The molecule has 0 amide bonds. The molecule has 14 heavy (non-hydrogen) atoms. The van der Waals surface area contributed by atoms with Crippen LogP contribution in [0.15, 0.2) is 30.5 Å². The van der Waals surface area contributed by atoms with Crippen molar-refractivity contribution in [3.05, 3.63) is 41.0 Å². The molecule has 0 saturated carbocycles. The largest absolute Gasteiger partial charge is 0.257 e. The Morgan fingerprint density at radius 1 is 1.36 bits per heavy atom. The van der Waals surface area contributed by atoms with Gasteiger partial charge in [-0.05, 0) is 24.0 Å². The Labute approximate surface area is 84.5 Å². The molecule has 1 heterocycles. The first-order chi connectivity index (χ1) is 6.79. The van der Waals surface area contributed by atoms with Crippen LogP contribution in [0.4, 0.5) is 0 Å². The molecule has 0 atom stereocenters. The van der Waals surface area contributed by atoms with Crippen molar-refractivity contribution in [3.63, 3.8) is 0 Å². The maximum absolute atomic E-state index is 4.40. The van der Waals surface area contributed by atoms with Gasteiger partial charge in [-0.25, -0.2) is 0 Å². The van der Waals surface area contributed by atoms with E-state index in [1.54, 1.807) is 0 Å². The van der Waals surface area contributed by atoms with Crippen LogP contribution in [-0.2, 0) is 0 Å². The predicted octanol–water partition coefficient (Wildman–Crippen LogP) is 1.63. The minimum absolute atomic E-state index is 0.556. The fourth-order valence-electron chi connectivity index (χ4n) is 1.79. The Morgan fingerprint density at radius 2 is 2.21 bits per heavy atom.